The molecule has 8 nitrogen and oxygen atoms in total. The first-order valence-electron chi connectivity index (χ1n) is 9.51. The van der Waals surface area contributed by atoms with Crippen molar-refractivity contribution in [3.63, 3.8) is 0 Å². The molecule has 0 unspecified atom stereocenters. The monoisotopic (exact) mass is 428 g/mol. The van der Waals surface area contributed by atoms with Gasteiger partial charge in [-0.05, 0) is 31.9 Å². The molecule has 0 radical (unpaired) electrons. The summed E-state index contributed by atoms with van der Waals surface area (Å²) in [6, 6.07) is 6.67. The van der Waals surface area contributed by atoms with Gasteiger partial charge in [-0.2, -0.15) is 13.2 Å². The minimum absolute atomic E-state index is 0.236. The molecule has 4 heterocycles. The number of rotatable bonds is 3. The third-order valence-electron chi connectivity index (χ3n) is 5.06. The molecule has 2 aromatic rings. The van der Waals surface area contributed by atoms with Gasteiger partial charge in [-0.1, -0.05) is 6.07 Å². The Hall–Kier alpha value is -2.53. The molecule has 0 aliphatic carbocycles. The number of likely N-dealkylation sites (tertiary alicyclic amines) is 1. The molecule has 1 N–H and O–H groups in total. The van der Waals surface area contributed by atoms with Crippen LogP contribution in [-0.2, 0) is 16.1 Å². The average molecular weight is 428 g/mol. The predicted octanol–water partition coefficient (Wildman–Crippen LogP) is 2.86. The largest absolute Gasteiger partial charge is 0.490 e. The molecule has 0 amide bonds. The molecule has 2 aliphatic heterocycles. The number of pyridine rings is 1. The van der Waals surface area contributed by atoms with Crippen LogP contribution in [0.2, 0.25) is 0 Å². The second kappa shape index (κ2) is 9.09. The van der Waals surface area contributed by atoms with Crippen molar-refractivity contribution in [3.8, 4) is 0 Å². The molecule has 3 atom stereocenters. The molecular weight excluding hydrogens is 405 g/mol. The van der Waals surface area contributed by atoms with Crippen LogP contribution < -0.4 is 0 Å². The Balaban J connectivity index is 0.000000318. The van der Waals surface area contributed by atoms with Gasteiger partial charge in [0.05, 0.1) is 17.7 Å². The van der Waals surface area contributed by atoms with Gasteiger partial charge in [0.25, 0.3) is 0 Å². The van der Waals surface area contributed by atoms with Crippen molar-refractivity contribution < 1.29 is 32.2 Å². The van der Waals surface area contributed by atoms with E-state index >= 15 is 0 Å². The third-order valence-corrected chi connectivity index (χ3v) is 5.06. The lowest BCUT2D eigenvalue weighted by molar-refractivity contribution is -0.192. The topological polar surface area (TPSA) is 102 Å². The van der Waals surface area contributed by atoms with E-state index in [4.69, 9.17) is 19.1 Å². The quantitative estimate of drug-likeness (QED) is 0.796. The van der Waals surface area contributed by atoms with Crippen LogP contribution in [-0.4, -0.2) is 62.6 Å². The van der Waals surface area contributed by atoms with E-state index in [-0.39, 0.29) is 12.0 Å². The number of aromatic nitrogens is 3. The zero-order chi connectivity index (χ0) is 21.9. The average Bonchev–Trinajstić information content (AvgIpc) is 3.30. The summed E-state index contributed by atoms with van der Waals surface area (Å²) in [7, 11) is 0. The van der Waals surface area contributed by atoms with Gasteiger partial charge in [0.15, 0.2) is 0 Å². The van der Waals surface area contributed by atoms with Gasteiger partial charge in [0.1, 0.15) is 0 Å². The van der Waals surface area contributed by atoms with Gasteiger partial charge in [0.2, 0.25) is 11.8 Å². The van der Waals surface area contributed by atoms with Gasteiger partial charge < -0.3 is 14.3 Å². The Labute approximate surface area is 171 Å². The number of nitrogens with zero attached hydrogens (tertiary/aromatic N) is 4. The number of carboxylic acid groups (broad SMARTS) is 1. The van der Waals surface area contributed by atoms with Crippen LogP contribution in [0.5, 0.6) is 0 Å². The van der Waals surface area contributed by atoms with Gasteiger partial charge in [-0.15, -0.1) is 10.2 Å². The smallest absolute Gasteiger partial charge is 0.475 e. The lowest BCUT2D eigenvalue weighted by atomic mass is 9.89. The maximum absolute atomic E-state index is 10.6. The van der Waals surface area contributed by atoms with E-state index in [1.807, 2.05) is 19.9 Å². The van der Waals surface area contributed by atoms with Gasteiger partial charge >= 0.3 is 12.1 Å². The summed E-state index contributed by atoms with van der Waals surface area (Å²) in [4.78, 5) is 16.0. The summed E-state index contributed by atoms with van der Waals surface area (Å²) in [5.74, 6) is -1.16. The molecule has 0 saturated carbocycles. The highest BCUT2D eigenvalue weighted by molar-refractivity contribution is 5.73. The molecule has 0 spiro atoms. The van der Waals surface area contributed by atoms with Gasteiger partial charge in [-0.25, -0.2) is 4.79 Å². The molecule has 2 aromatic heterocycles. The summed E-state index contributed by atoms with van der Waals surface area (Å²) in [5, 5.41) is 15.3. The molecule has 2 fully saturated rings. The number of hydrogen-bond acceptors (Lipinski definition) is 7. The van der Waals surface area contributed by atoms with E-state index in [2.05, 4.69) is 32.2 Å². The van der Waals surface area contributed by atoms with Crippen molar-refractivity contribution in [2.75, 3.05) is 13.2 Å². The van der Waals surface area contributed by atoms with Crippen molar-refractivity contribution in [1.29, 1.82) is 0 Å². The minimum atomic E-state index is -5.08. The summed E-state index contributed by atoms with van der Waals surface area (Å²) in [6.45, 7) is 6.47. The molecule has 4 rings (SSSR count). The third kappa shape index (κ3) is 5.54. The minimum Gasteiger partial charge on any atom is -0.475 e. The van der Waals surface area contributed by atoms with E-state index in [9.17, 15) is 13.2 Å². The Morgan fingerprint density at radius 3 is 2.63 bits per heavy atom. The maximum Gasteiger partial charge on any atom is 0.490 e. The van der Waals surface area contributed by atoms with Crippen molar-refractivity contribution in [2.45, 2.75) is 57.5 Å². The first-order chi connectivity index (χ1) is 14.1. The second-order valence-electron chi connectivity index (χ2n) is 7.36. The van der Waals surface area contributed by atoms with Crippen LogP contribution >= 0.6 is 0 Å². The maximum atomic E-state index is 10.6. The fraction of sp³-hybridized carbons (Fsp3) is 0.579. The molecule has 2 aliphatic rings. The van der Waals surface area contributed by atoms with Crippen molar-refractivity contribution in [3.05, 3.63) is 41.4 Å². The van der Waals surface area contributed by atoms with E-state index in [1.165, 1.54) is 0 Å². The van der Waals surface area contributed by atoms with E-state index in [0.29, 0.717) is 11.9 Å². The number of fused-ring (bicyclic) bond motifs is 1. The van der Waals surface area contributed by atoms with Crippen LogP contribution in [0.1, 0.15) is 41.9 Å². The SMILES string of the molecule is Cc1cccc(CN2C[C@H](c3nnc(C)o3)C[C@H]3OCC[C@H]32)n1.O=C(O)C(F)(F)F. The predicted molar refractivity (Wildman–Crippen MR) is 97.6 cm³/mol. The number of carboxylic acids is 1. The number of halogens is 3. The summed E-state index contributed by atoms with van der Waals surface area (Å²) >= 11 is 0. The number of ether oxygens (including phenoxy) is 1. The zero-order valence-electron chi connectivity index (χ0n) is 16.6. The van der Waals surface area contributed by atoms with Gasteiger partial charge in [0, 0.05) is 38.4 Å². The van der Waals surface area contributed by atoms with Crippen molar-refractivity contribution in [2.24, 2.45) is 0 Å². The first-order valence-corrected chi connectivity index (χ1v) is 9.51. The van der Waals surface area contributed by atoms with Crippen LogP contribution in [0.4, 0.5) is 13.2 Å². The van der Waals surface area contributed by atoms with Crippen molar-refractivity contribution >= 4 is 5.97 Å². The molecular formula is C19H23F3N4O4. The Kier molecular flexibility index (Phi) is 6.71. The molecule has 2 saturated heterocycles. The normalized spacial score (nSPS) is 24.1. The van der Waals surface area contributed by atoms with Crippen LogP contribution in [0.25, 0.3) is 0 Å². The summed E-state index contributed by atoms with van der Waals surface area (Å²) in [6.07, 6.45) is -2.78. The Morgan fingerprint density at radius 2 is 2.03 bits per heavy atom. The lowest BCUT2D eigenvalue weighted by Crippen LogP contribution is -2.48. The number of hydrogen-bond donors (Lipinski definition) is 1. The van der Waals surface area contributed by atoms with E-state index in [1.54, 1.807) is 0 Å². The van der Waals surface area contributed by atoms with E-state index < -0.39 is 12.1 Å². The molecule has 164 valence electrons. The summed E-state index contributed by atoms with van der Waals surface area (Å²) in [5.41, 5.74) is 2.17. The van der Waals surface area contributed by atoms with Crippen LogP contribution in [0.15, 0.2) is 22.6 Å². The summed E-state index contributed by atoms with van der Waals surface area (Å²) < 4.78 is 43.4. The Bertz CT molecular complexity index is 873. The molecule has 11 heteroatoms. The molecule has 0 bridgehead atoms. The highest BCUT2D eigenvalue weighted by Gasteiger charge is 2.42. The number of aryl methyl sites for hydroxylation is 2. The van der Waals surface area contributed by atoms with Gasteiger partial charge in [-0.3, -0.25) is 9.88 Å². The fourth-order valence-corrected chi connectivity index (χ4v) is 3.79. The van der Waals surface area contributed by atoms with Crippen LogP contribution in [0, 0.1) is 13.8 Å². The molecule has 30 heavy (non-hydrogen) atoms. The highest BCUT2D eigenvalue weighted by Crippen LogP contribution is 2.36. The first kappa shape index (κ1) is 22.2. The fourth-order valence-electron chi connectivity index (χ4n) is 3.79. The Morgan fingerprint density at radius 1 is 1.30 bits per heavy atom. The van der Waals surface area contributed by atoms with Crippen molar-refractivity contribution in [1.82, 2.24) is 20.1 Å². The van der Waals surface area contributed by atoms with Crippen LogP contribution in [0.3, 0.4) is 0 Å². The number of alkyl halides is 3. The molecule has 0 aromatic carbocycles. The standard InChI is InChI=1S/C17H22N4O2.C2HF3O2/c1-11-4-3-5-14(18-11)10-21-9-13(17-20-19-12(2)23-17)8-16-15(21)6-7-22-16;3-2(4,5)1(6)7/h3-5,13,15-16H,6-10H2,1-2H3;(H,6,7)/t13-,15-,16-;/m1./s1. The van der Waals surface area contributed by atoms with E-state index in [0.717, 1.165) is 49.8 Å². The second-order valence-corrected chi connectivity index (χ2v) is 7.36. The zero-order valence-corrected chi connectivity index (χ0v) is 16.6. The lowest BCUT2D eigenvalue weighted by Gasteiger charge is -2.39. The number of carbonyl (C=O) groups is 1. The number of piperidine rings is 1. The number of aliphatic carboxylic acids is 1. The highest BCUT2D eigenvalue weighted by atomic mass is 19.4.